The molecule has 0 amide bonds. The quantitative estimate of drug-likeness (QED) is 0.133. The first-order chi connectivity index (χ1) is 15.2. The van der Waals surface area contributed by atoms with Crippen molar-refractivity contribution in [1.29, 1.82) is 0 Å². The molecular formula is C28H27NOS. The molecule has 1 aliphatic rings. The number of nitrogens with one attached hydrogen (secondary N) is 1. The highest BCUT2D eigenvalue weighted by atomic mass is 32.2. The number of carbonyl (C=O) groups is 1. The number of allylic oxidation sites excluding steroid dienone is 3. The first kappa shape index (κ1) is 21.2. The smallest absolute Gasteiger partial charge is 0.185 e. The van der Waals surface area contributed by atoms with Crippen LogP contribution in [0.25, 0.3) is 6.08 Å². The summed E-state index contributed by atoms with van der Waals surface area (Å²) in [4.78, 5) is 15.3. The van der Waals surface area contributed by atoms with E-state index in [1.54, 1.807) is 17.8 Å². The molecule has 1 aliphatic heterocycles. The van der Waals surface area contributed by atoms with Crippen molar-refractivity contribution >= 4 is 35.0 Å². The first-order valence-electron chi connectivity index (χ1n) is 10.9. The van der Waals surface area contributed by atoms with Gasteiger partial charge in [0, 0.05) is 15.4 Å². The normalized spacial score (nSPS) is 12.9. The number of hydrogen-bond acceptors (Lipinski definition) is 3. The van der Waals surface area contributed by atoms with Crippen molar-refractivity contribution in [3.8, 4) is 0 Å². The summed E-state index contributed by atoms with van der Waals surface area (Å²) in [5.41, 5.74) is 5.14. The standard InChI is InChI=1S/C28H27NOS/c1-2-3-5-10-22(19-21-11-6-4-7-12-21)15-17-26(30)23-16-18-28-25(20-23)29-24-13-8-9-14-27(24)31-28/h4,6-9,11-20,29H,2-3,5,10H2,1H3/b17-15+,22-19-. The van der Waals surface area contributed by atoms with E-state index in [4.69, 9.17) is 0 Å². The van der Waals surface area contributed by atoms with Crippen molar-refractivity contribution in [2.45, 2.75) is 42.4 Å². The average molecular weight is 426 g/mol. The summed E-state index contributed by atoms with van der Waals surface area (Å²) in [6.45, 7) is 2.21. The largest absolute Gasteiger partial charge is 0.354 e. The Labute approximate surface area is 189 Å². The maximum atomic E-state index is 12.9. The van der Waals surface area contributed by atoms with E-state index in [0.717, 1.165) is 29.1 Å². The molecule has 0 bridgehead atoms. The lowest BCUT2D eigenvalue weighted by Crippen LogP contribution is -2.02. The van der Waals surface area contributed by atoms with Gasteiger partial charge in [0.15, 0.2) is 5.78 Å². The van der Waals surface area contributed by atoms with Gasteiger partial charge in [0.2, 0.25) is 0 Å². The highest BCUT2D eigenvalue weighted by Crippen LogP contribution is 2.44. The second-order valence-electron chi connectivity index (χ2n) is 7.72. The number of fused-ring (bicyclic) bond motifs is 2. The van der Waals surface area contributed by atoms with E-state index >= 15 is 0 Å². The van der Waals surface area contributed by atoms with E-state index in [9.17, 15) is 4.79 Å². The van der Waals surface area contributed by atoms with E-state index in [2.05, 4.69) is 42.6 Å². The fraction of sp³-hybridized carbons (Fsp3) is 0.179. The van der Waals surface area contributed by atoms with Crippen LogP contribution in [0.5, 0.6) is 0 Å². The van der Waals surface area contributed by atoms with Gasteiger partial charge < -0.3 is 5.32 Å². The van der Waals surface area contributed by atoms with Gasteiger partial charge in [-0.2, -0.15) is 0 Å². The Balaban J connectivity index is 1.51. The van der Waals surface area contributed by atoms with Gasteiger partial charge in [0.05, 0.1) is 11.4 Å². The summed E-state index contributed by atoms with van der Waals surface area (Å²) in [5.74, 6) is 0.0305. The van der Waals surface area contributed by atoms with Crippen LogP contribution in [0.2, 0.25) is 0 Å². The Kier molecular flexibility index (Phi) is 7.06. The lowest BCUT2D eigenvalue weighted by Gasteiger charge is -2.20. The van der Waals surface area contributed by atoms with Crippen LogP contribution in [0.4, 0.5) is 11.4 Å². The zero-order valence-corrected chi connectivity index (χ0v) is 18.6. The van der Waals surface area contributed by atoms with Crippen LogP contribution < -0.4 is 5.32 Å². The van der Waals surface area contributed by atoms with Gasteiger partial charge in [0.25, 0.3) is 0 Å². The van der Waals surface area contributed by atoms with Gasteiger partial charge >= 0.3 is 0 Å². The summed E-state index contributed by atoms with van der Waals surface area (Å²) < 4.78 is 0. The van der Waals surface area contributed by atoms with Crippen molar-refractivity contribution in [1.82, 2.24) is 0 Å². The van der Waals surface area contributed by atoms with Gasteiger partial charge in [-0.1, -0.05) is 86.1 Å². The average Bonchev–Trinajstić information content (AvgIpc) is 2.81. The van der Waals surface area contributed by atoms with Gasteiger partial charge in [-0.05, 0) is 60.4 Å². The van der Waals surface area contributed by atoms with Crippen LogP contribution in [0.3, 0.4) is 0 Å². The number of hydrogen-bond donors (Lipinski definition) is 1. The Bertz CT molecular complexity index is 1110. The predicted octanol–water partition coefficient (Wildman–Crippen LogP) is 8.30. The minimum absolute atomic E-state index is 0.0305. The molecule has 0 saturated heterocycles. The first-order valence-corrected chi connectivity index (χ1v) is 11.7. The summed E-state index contributed by atoms with van der Waals surface area (Å²) in [7, 11) is 0. The van der Waals surface area contributed by atoms with Crippen LogP contribution in [-0.2, 0) is 0 Å². The van der Waals surface area contributed by atoms with Crippen molar-refractivity contribution in [2.75, 3.05) is 5.32 Å². The second-order valence-corrected chi connectivity index (χ2v) is 8.80. The van der Waals surface area contributed by atoms with Crippen LogP contribution in [0.1, 0.15) is 48.5 Å². The molecule has 0 aromatic heterocycles. The van der Waals surface area contributed by atoms with Crippen molar-refractivity contribution in [2.24, 2.45) is 0 Å². The molecule has 0 atom stereocenters. The zero-order chi connectivity index (χ0) is 21.5. The van der Waals surface area contributed by atoms with E-state index in [1.807, 2.05) is 54.6 Å². The van der Waals surface area contributed by atoms with Gasteiger partial charge in [-0.3, -0.25) is 4.79 Å². The number of ketones is 1. The highest BCUT2D eigenvalue weighted by molar-refractivity contribution is 7.99. The van der Waals surface area contributed by atoms with Crippen LogP contribution in [0, 0.1) is 0 Å². The number of carbonyl (C=O) groups excluding carboxylic acids is 1. The number of unbranched alkanes of at least 4 members (excludes halogenated alkanes) is 2. The second kappa shape index (κ2) is 10.3. The van der Waals surface area contributed by atoms with Crippen LogP contribution in [0.15, 0.2) is 100 Å². The van der Waals surface area contributed by atoms with Crippen molar-refractivity contribution < 1.29 is 4.79 Å². The molecule has 2 nitrogen and oxygen atoms in total. The molecule has 0 radical (unpaired) electrons. The third kappa shape index (κ3) is 5.56. The third-order valence-electron chi connectivity index (χ3n) is 5.31. The van der Waals surface area contributed by atoms with E-state index in [0.29, 0.717) is 5.56 Å². The number of benzene rings is 3. The van der Waals surface area contributed by atoms with Gasteiger partial charge in [-0.25, -0.2) is 0 Å². The predicted molar refractivity (Wildman–Crippen MR) is 132 cm³/mol. The molecule has 0 fully saturated rings. The molecular weight excluding hydrogens is 398 g/mol. The van der Waals surface area contributed by atoms with Gasteiger partial charge in [-0.15, -0.1) is 0 Å². The molecule has 156 valence electrons. The molecule has 0 aliphatic carbocycles. The maximum Gasteiger partial charge on any atom is 0.185 e. The molecule has 4 rings (SSSR count). The maximum absolute atomic E-state index is 12.9. The zero-order valence-electron chi connectivity index (χ0n) is 17.8. The summed E-state index contributed by atoms with van der Waals surface area (Å²) in [5, 5.41) is 3.46. The summed E-state index contributed by atoms with van der Waals surface area (Å²) in [6, 6.07) is 24.5. The van der Waals surface area contributed by atoms with Crippen molar-refractivity contribution in [3.63, 3.8) is 0 Å². The Hall–Kier alpha value is -3.04. The minimum atomic E-state index is 0.0305. The molecule has 0 saturated carbocycles. The molecule has 0 spiro atoms. The minimum Gasteiger partial charge on any atom is -0.354 e. The number of para-hydroxylation sites is 1. The lowest BCUT2D eigenvalue weighted by molar-refractivity contribution is 0.104. The molecule has 3 aromatic carbocycles. The number of anilines is 2. The van der Waals surface area contributed by atoms with Crippen LogP contribution >= 0.6 is 11.8 Å². The monoisotopic (exact) mass is 425 g/mol. The molecule has 0 unspecified atom stereocenters. The molecule has 1 N–H and O–H groups in total. The molecule has 1 heterocycles. The van der Waals surface area contributed by atoms with E-state index < -0.39 is 0 Å². The van der Waals surface area contributed by atoms with Crippen LogP contribution in [-0.4, -0.2) is 5.78 Å². The van der Waals surface area contributed by atoms with E-state index in [1.165, 1.54) is 28.9 Å². The lowest BCUT2D eigenvalue weighted by atomic mass is 10.0. The summed E-state index contributed by atoms with van der Waals surface area (Å²) in [6.07, 6.45) is 10.4. The Morgan fingerprint density at radius 3 is 2.48 bits per heavy atom. The summed E-state index contributed by atoms with van der Waals surface area (Å²) >= 11 is 1.73. The molecule has 3 aromatic rings. The third-order valence-corrected chi connectivity index (χ3v) is 6.46. The van der Waals surface area contributed by atoms with E-state index in [-0.39, 0.29) is 5.78 Å². The molecule has 3 heteroatoms. The fourth-order valence-electron chi connectivity index (χ4n) is 3.62. The highest BCUT2D eigenvalue weighted by Gasteiger charge is 2.16. The van der Waals surface area contributed by atoms with Gasteiger partial charge in [0.1, 0.15) is 0 Å². The molecule has 31 heavy (non-hydrogen) atoms. The Morgan fingerprint density at radius 2 is 1.65 bits per heavy atom. The SMILES string of the molecule is CCCCCC(=C/c1ccccc1)/C=C/C(=O)c1ccc2c(c1)Nc1ccccc1S2. The van der Waals surface area contributed by atoms with Crippen molar-refractivity contribution in [3.05, 3.63) is 102 Å². The Morgan fingerprint density at radius 1 is 0.871 bits per heavy atom. The fourth-order valence-corrected chi connectivity index (χ4v) is 4.59. The number of rotatable bonds is 8. The topological polar surface area (TPSA) is 29.1 Å².